The van der Waals surface area contributed by atoms with Crippen LogP contribution in [0.25, 0.3) is 0 Å². The standard InChI is InChI=1S/C13H23NO3/c1-2-3-8-17-13(15)10-14-7-9-16-12-6-4-5-11(12)14/h11-12H,2-10H2,1H3. The smallest absolute Gasteiger partial charge is 0.320 e. The van der Waals surface area contributed by atoms with E-state index in [-0.39, 0.29) is 5.97 Å². The van der Waals surface area contributed by atoms with Gasteiger partial charge in [-0.25, -0.2) is 0 Å². The summed E-state index contributed by atoms with van der Waals surface area (Å²) < 4.78 is 10.9. The lowest BCUT2D eigenvalue weighted by molar-refractivity contribution is -0.148. The maximum Gasteiger partial charge on any atom is 0.320 e. The molecule has 1 aliphatic carbocycles. The van der Waals surface area contributed by atoms with Crippen LogP contribution < -0.4 is 0 Å². The van der Waals surface area contributed by atoms with Crippen molar-refractivity contribution in [2.24, 2.45) is 0 Å². The number of hydrogen-bond acceptors (Lipinski definition) is 4. The number of unbranched alkanes of at least 4 members (excludes halogenated alkanes) is 1. The van der Waals surface area contributed by atoms with E-state index < -0.39 is 0 Å². The van der Waals surface area contributed by atoms with Crippen LogP contribution in [0.5, 0.6) is 0 Å². The van der Waals surface area contributed by atoms with Crippen LogP contribution in [0.2, 0.25) is 0 Å². The van der Waals surface area contributed by atoms with Crippen molar-refractivity contribution < 1.29 is 14.3 Å². The van der Waals surface area contributed by atoms with E-state index in [9.17, 15) is 4.79 Å². The van der Waals surface area contributed by atoms with Gasteiger partial charge in [-0.2, -0.15) is 0 Å². The van der Waals surface area contributed by atoms with E-state index in [2.05, 4.69) is 11.8 Å². The first-order chi connectivity index (χ1) is 8.31. The predicted octanol–water partition coefficient (Wildman–Crippen LogP) is 1.58. The highest BCUT2D eigenvalue weighted by atomic mass is 16.5. The quantitative estimate of drug-likeness (QED) is 0.541. The fourth-order valence-corrected chi connectivity index (χ4v) is 2.74. The summed E-state index contributed by atoms with van der Waals surface area (Å²) in [4.78, 5) is 13.9. The van der Waals surface area contributed by atoms with Crippen LogP contribution >= 0.6 is 0 Å². The monoisotopic (exact) mass is 241 g/mol. The van der Waals surface area contributed by atoms with Gasteiger partial charge in [0.15, 0.2) is 0 Å². The Kier molecular flexibility index (Phi) is 4.80. The number of hydrogen-bond donors (Lipinski definition) is 0. The van der Waals surface area contributed by atoms with Crippen molar-refractivity contribution in [1.29, 1.82) is 0 Å². The zero-order chi connectivity index (χ0) is 12.1. The highest BCUT2D eigenvalue weighted by Crippen LogP contribution is 2.29. The average molecular weight is 241 g/mol. The lowest BCUT2D eigenvalue weighted by atomic mass is 10.1. The summed E-state index contributed by atoms with van der Waals surface area (Å²) in [7, 11) is 0. The minimum atomic E-state index is -0.0778. The van der Waals surface area contributed by atoms with Gasteiger partial charge < -0.3 is 9.47 Å². The molecule has 0 spiro atoms. The normalized spacial score (nSPS) is 29.0. The first-order valence-electron chi connectivity index (χ1n) is 6.82. The first kappa shape index (κ1) is 12.8. The summed E-state index contributed by atoms with van der Waals surface area (Å²) in [6.07, 6.45) is 5.90. The van der Waals surface area contributed by atoms with Crippen molar-refractivity contribution in [1.82, 2.24) is 4.90 Å². The molecule has 2 fully saturated rings. The van der Waals surface area contributed by atoms with Crippen LogP contribution in [0.1, 0.15) is 39.0 Å². The van der Waals surface area contributed by atoms with E-state index in [1.165, 1.54) is 6.42 Å². The molecule has 2 aliphatic rings. The molecular weight excluding hydrogens is 218 g/mol. The van der Waals surface area contributed by atoms with Gasteiger partial charge in [-0.3, -0.25) is 9.69 Å². The maximum atomic E-state index is 11.7. The molecule has 0 radical (unpaired) electrons. The molecule has 0 aromatic carbocycles. The minimum Gasteiger partial charge on any atom is -0.465 e. The van der Waals surface area contributed by atoms with Crippen LogP contribution in [-0.2, 0) is 14.3 Å². The van der Waals surface area contributed by atoms with Gasteiger partial charge in [-0.15, -0.1) is 0 Å². The second-order valence-electron chi connectivity index (χ2n) is 4.95. The van der Waals surface area contributed by atoms with Crippen molar-refractivity contribution in [3.8, 4) is 0 Å². The summed E-state index contributed by atoms with van der Waals surface area (Å²) in [6, 6.07) is 0.447. The SMILES string of the molecule is CCCCOC(=O)CN1CCOC2CCCC21. The topological polar surface area (TPSA) is 38.8 Å². The molecule has 17 heavy (non-hydrogen) atoms. The van der Waals surface area contributed by atoms with Gasteiger partial charge in [0.1, 0.15) is 0 Å². The molecule has 1 saturated carbocycles. The number of esters is 1. The van der Waals surface area contributed by atoms with Crippen LogP contribution in [-0.4, -0.2) is 49.3 Å². The van der Waals surface area contributed by atoms with E-state index in [0.717, 1.165) is 38.8 Å². The summed E-state index contributed by atoms with van der Waals surface area (Å²) in [5.41, 5.74) is 0. The highest BCUT2D eigenvalue weighted by Gasteiger charge is 2.36. The lowest BCUT2D eigenvalue weighted by Gasteiger charge is -2.36. The van der Waals surface area contributed by atoms with Crippen molar-refractivity contribution in [2.45, 2.75) is 51.2 Å². The largest absolute Gasteiger partial charge is 0.465 e. The molecule has 2 atom stereocenters. The van der Waals surface area contributed by atoms with Crippen molar-refractivity contribution in [2.75, 3.05) is 26.3 Å². The predicted molar refractivity (Wildman–Crippen MR) is 64.8 cm³/mol. The number of rotatable bonds is 5. The Hall–Kier alpha value is -0.610. The van der Waals surface area contributed by atoms with Gasteiger partial charge in [-0.1, -0.05) is 13.3 Å². The van der Waals surface area contributed by atoms with Crippen LogP contribution in [0.3, 0.4) is 0 Å². The van der Waals surface area contributed by atoms with E-state index in [1.54, 1.807) is 0 Å². The molecule has 0 amide bonds. The van der Waals surface area contributed by atoms with Crippen LogP contribution in [0.4, 0.5) is 0 Å². The summed E-state index contributed by atoms with van der Waals surface area (Å²) >= 11 is 0. The Labute approximate surface area is 103 Å². The number of carbonyl (C=O) groups is 1. The fraction of sp³-hybridized carbons (Fsp3) is 0.923. The van der Waals surface area contributed by atoms with Crippen molar-refractivity contribution >= 4 is 5.97 Å². The molecular formula is C13H23NO3. The molecule has 4 nitrogen and oxygen atoms in total. The van der Waals surface area contributed by atoms with Crippen molar-refractivity contribution in [3.05, 3.63) is 0 Å². The molecule has 0 N–H and O–H groups in total. The highest BCUT2D eigenvalue weighted by molar-refractivity contribution is 5.71. The Bertz CT molecular complexity index is 257. The lowest BCUT2D eigenvalue weighted by Crippen LogP contribution is -2.50. The molecule has 2 rings (SSSR count). The molecule has 0 aromatic rings. The number of morpholine rings is 1. The molecule has 98 valence electrons. The van der Waals surface area contributed by atoms with Gasteiger partial charge in [0, 0.05) is 12.6 Å². The number of carbonyl (C=O) groups excluding carboxylic acids is 1. The zero-order valence-corrected chi connectivity index (χ0v) is 10.7. The van der Waals surface area contributed by atoms with Gasteiger partial charge in [0.25, 0.3) is 0 Å². The summed E-state index contributed by atoms with van der Waals surface area (Å²) in [5.74, 6) is -0.0778. The molecule has 1 aliphatic heterocycles. The van der Waals surface area contributed by atoms with E-state index >= 15 is 0 Å². The molecule has 1 heterocycles. The van der Waals surface area contributed by atoms with Gasteiger partial charge >= 0.3 is 5.97 Å². The average Bonchev–Trinajstić information content (AvgIpc) is 2.78. The number of ether oxygens (including phenoxy) is 2. The fourth-order valence-electron chi connectivity index (χ4n) is 2.74. The third-order valence-electron chi connectivity index (χ3n) is 3.69. The minimum absolute atomic E-state index is 0.0778. The summed E-state index contributed by atoms with van der Waals surface area (Å²) in [5, 5.41) is 0. The second kappa shape index (κ2) is 6.36. The Morgan fingerprint density at radius 2 is 2.35 bits per heavy atom. The molecule has 4 heteroatoms. The second-order valence-corrected chi connectivity index (χ2v) is 4.95. The third-order valence-corrected chi connectivity index (χ3v) is 3.69. The van der Waals surface area contributed by atoms with Crippen molar-refractivity contribution in [3.63, 3.8) is 0 Å². The number of nitrogens with zero attached hydrogens (tertiary/aromatic N) is 1. The first-order valence-corrected chi connectivity index (χ1v) is 6.82. The molecule has 0 bridgehead atoms. The van der Waals surface area contributed by atoms with E-state index in [1.807, 2.05) is 0 Å². The van der Waals surface area contributed by atoms with Gasteiger partial charge in [0.2, 0.25) is 0 Å². The molecule has 1 saturated heterocycles. The Morgan fingerprint density at radius 1 is 1.47 bits per heavy atom. The van der Waals surface area contributed by atoms with Gasteiger partial charge in [-0.05, 0) is 25.7 Å². The Balaban J connectivity index is 1.75. The van der Waals surface area contributed by atoms with E-state index in [4.69, 9.17) is 9.47 Å². The van der Waals surface area contributed by atoms with Crippen LogP contribution in [0.15, 0.2) is 0 Å². The zero-order valence-electron chi connectivity index (χ0n) is 10.7. The molecule has 0 aromatic heterocycles. The summed E-state index contributed by atoms with van der Waals surface area (Å²) in [6.45, 7) is 4.72. The van der Waals surface area contributed by atoms with Crippen LogP contribution in [0, 0.1) is 0 Å². The Morgan fingerprint density at radius 3 is 3.18 bits per heavy atom. The maximum absolute atomic E-state index is 11.7. The van der Waals surface area contributed by atoms with Gasteiger partial charge in [0.05, 0.1) is 25.9 Å². The molecule has 2 unspecified atom stereocenters. The number of fused-ring (bicyclic) bond motifs is 1. The third kappa shape index (κ3) is 3.42. The van der Waals surface area contributed by atoms with E-state index in [0.29, 0.717) is 25.3 Å².